The number of hydrogen-bond acceptors (Lipinski definition) is 5. The van der Waals surface area contributed by atoms with Crippen molar-refractivity contribution >= 4 is 11.9 Å². The van der Waals surface area contributed by atoms with Gasteiger partial charge in [-0.2, -0.15) is 4.98 Å². The molecule has 0 saturated carbocycles. The van der Waals surface area contributed by atoms with Crippen LogP contribution >= 0.6 is 0 Å². The summed E-state index contributed by atoms with van der Waals surface area (Å²) in [5.41, 5.74) is 3.85. The summed E-state index contributed by atoms with van der Waals surface area (Å²) in [7, 11) is 3.50. The Morgan fingerprint density at radius 3 is 2.30 bits per heavy atom. The minimum Gasteiger partial charge on any atom is -0.357 e. The highest BCUT2D eigenvalue weighted by Crippen LogP contribution is 2.18. The van der Waals surface area contributed by atoms with Gasteiger partial charge in [0, 0.05) is 44.7 Å². The van der Waals surface area contributed by atoms with Gasteiger partial charge in [0.25, 0.3) is 11.8 Å². The Morgan fingerprint density at radius 2 is 1.70 bits per heavy atom. The molecule has 2 aromatic carbocycles. The van der Waals surface area contributed by atoms with Gasteiger partial charge in [-0.05, 0) is 48.7 Å². The van der Waals surface area contributed by atoms with E-state index in [9.17, 15) is 4.79 Å². The zero-order valence-electron chi connectivity index (χ0n) is 19.8. The predicted molar refractivity (Wildman–Crippen MR) is 130 cm³/mol. The molecule has 3 aromatic rings. The highest BCUT2D eigenvalue weighted by atomic mass is 16.5. The summed E-state index contributed by atoms with van der Waals surface area (Å²) in [5, 5.41) is 10.6. The van der Waals surface area contributed by atoms with Gasteiger partial charge in [0.1, 0.15) is 0 Å². The Morgan fingerprint density at radius 1 is 1.00 bits per heavy atom. The Bertz CT molecular complexity index is 1060. The van der Waals surface area contributed by atoms with Crippen molar-refractivity contribution in [1.29, 1.82) is 0 Å². The van der Waals surface area contributed by atoms with E-state index in [1.807, 2.05) is 50.2 Å². The van der Waals surface area contributed by atoms with Gasteiger partial charge in [-0.1, -0.05) is 36.3 Å². The average Bonchev–Trinajstić information content (AvgIpc) is 3.32. The highest BCUT2D eigenvalue weighted by molar-refractivity contribution is 5.93. The van der Waals surface area contributed by atoms with Crippen molar-refractivity contribution in [3.05, 3.63) is 71.0 Å². The fraction of sp³-hybridized carbons (Fsp3) is 0.360. The number of aryl methyl sites for hydroxylation is 1. The normalized spacial score (nSPS) is 11.3. The van der Waals surface area contributed by atoms with Crippen LogP contribution in [0.4, 0.5) is 0 Å². The van der Waals surface area contributed by atoms with E-state index in [0.29, 0.717) is 23.8 Å². The summed E-state index contributed by atoms with van der Waals surface area (Å²) < 4.78 is 5.30. The Labute approximate surface area is 195 Å². The van der Waals surface area contributed by atoms with E-state index < -0.39 is 0 Å². The van der Waals surface area contributed by atoms with Gasteiger partial charge in [0.2, 0.25) is 0 Å². The van der Waals surface area contributed by atoms with Gasteiger partial charge >= 0.3 is 0 Å². The van der Waals surface area contributed by atoms with Gasteiger partial charge in [0.05, 0.1) is 6.54 Å². The number of aromatic nitrogens is 2. The SMILES string of the molecule is CCNC(=NCc1ccc(C(=O)N(C)C)cc1)NCCc1ccc(-c2nc(CC)no2)cc1. The summed E-state index contributed by atoms with van der Waals surface area (Å²) in [4.78, 5) is 22.6. The van der Waals surface area contributed by atoms with Gasteiger partial charge in [0.15, 0.2) is 11.8 Å². The molecule has 8 heteroatoms. The van der Waals surface area contributed by atoms with Crippen molar-refractivity contribution in [3.8, 4) is 11.5 Å². The maximum Gasteiger partial charge on any atom is 0.257 e. The van der Waals surface area contributed by atoms with Crippen LogP contribution in [0.15, 0.2) is 58.0 Å². The molecule has 174 valence electrons. The summed E-state index contributed by atoms with van der Waals surface area (Å²) in [6.07, 6.45) is 1.61. The molecule has 0 radical (unpaired) electrons. The van der Waals surface area contributed by atoms with E-state index in [-0.39, 0.29) is 5.91 Å². The molecule has 1 heterocycles. The van der Waals surface area contributed by atoms with Crippen LogP contribution in [-0.2, 0) is 19.4 Å². The second-order valence-corrected chi connectivity index (χ2v) is 7.83. The van der Waals surface area contributed by atoms with Crippen LogP contribution in [0.2, 0.25) is 0 Å². The number of benzene rings is 2. The maximum absolute atomic E-state index is 12.0. The number of carbonyl (C=O) groups excluding carboxylic acids is 1. The second-order valence-electron chi connectivity index (χ2n) is 7.83. The molecule has 1 amide bonds. The topological polar surface area (TPSA) is 95.7 Å². The van der Waals surface area contributed by atoms with Gasteiger partial charge in [-0.15, -0.1) is 0 Å². The minimum atomic E-state index is -0.00381. The first-order valence-electron chi connectivity index (χ1n) is 11.2. The summed E-state index contributed by atoms with van der Waals surface area (Å²) in [6, 6.07) is 15.7. The van der Waals surface area contributed by atoms with E-state index >= 15 is 0 Å². The number of carbonyl (C=O) groups is 1. The third-order valence-electron chi connectivity index (χ3n) is 5.06. The number of amides is 1. The van der Waals surface area contributed by atoms with E-state index in [1.165, 1.54) is 5.56 Å². The monoisotopic (exact) mass is 448 g/mol. The number of nitrogens with zero attached hydrogens (tertiary/aromatic N) is 4. The largest absolute Gasteiger partial charge is 0.357 e. The van der Waals surface area contributed by atoms with Crippen LogP contribution < -0.4 is 10.6 Å². The minimum absolute atomic E-state index is 0.00381. The first-order valence-corrected chi connectivity index (χ1v) is 11.2. The Kier molecular flexibility index (Phi) is 8.57. The zero-order chi connectivity index (χ0) is 23.6. The molecule has 3 rings (SSSR count). The lowest BCUT2D eigenvalue weighted by atomic mass is 10.1. The standard InChI is InChI=1S/C25H32N6O2/c1-5-22-29-23(33-30-22)20-11-7-18(8-12-20)15-16-27-25(26-6-2)28-17-19-9-13-21(14-10-19)24(32)31(3)4/h7-14H,5-6,15-17H2,1-4H3,(H2,26,27,28). The lowest BCUT2D eigenvalue weighted by Gasteiger charge is -2.12. The van der Waals surface area contributed by atoms with Gasteiger partial charge < -0.3 is 20.1 Å². The smallest absolute Gasteiger partial charge is 0.257 e. The Balaban J connectivity index is 1.52. The van der Waals surface area contributed by atoms with E-state index in [1.54, 1.807) is 19.0 Å². The van der Waals surface area contributed by atoms with Crippen LogP contribution in [-0.4, -0.2) is 54.1 Å². The molecule has 0 aliphatic carbocycles. The van der Waals surface area contributed by atoms with Crippen LogP contribution in [0.5, 0.6) is 0 Å². The molecular weight excluding hydrogens is 416 g/mol. The lowest BCUT2D eigenvalue weighted by molar-refractivity contribution is 0.0827. The van der Waals surface area contributed by atoms with Crippen LogP contribution in [0.3, 0.4) is 0 Å². The summed E-state index contributed by atoms with van der Waals surface area (Å²) in [5.74, 6) is 2.03. The van der Waals surface area contributed by atoms with Crippen molar-refractivity contribution in [2.24, 2.45) is 4.99 Å². The van der Waals surface area contributed by atoms with Crippen molar-refractivity contribution < 1.29 is 9.32 Å². The van der Waals surface area contributed by atoms with Crippen LogP contribution in [0, 0.1) is 0 Å². The molecule has 33 heavy (non-hydrogen) atoms. The fourth-order valence-corrected chi connectivity index (χ4v) is 3.18. The molecule has 8 nitrogen and oxygen atoms in total. The number of guanidine groups is 1. The molecule has 0 fully saturated rings. The van der Waals surface area contributed by atoms with Crippen molar-refractivity contribution in [2.45, 2.75) is 33.2 Å². The number of nitrogens with one attached hydrogen (secondary N) is 2. The zero-order valence-corrected chi connectivity index (χ0v) is 19.8. The molecule has 0 aliphatic heterocycles. The lowest BCUT2D eigenvalue weighted by Crippen LogP contribution is -2.38. The summed E-state index contributed by atoms with van der Waals surface area (Å²) in [6.45, 7) is 6.10. The van der Waals surface area contributed by atoms with E-state index in [0.717, 1.165) is 43.0 Å². The van der Waals surface area contributed by atoms with Gasteiger partial charge in [-0.3, -0.25) is 4.79 Å². The first kappa shape index (κ1) is 24.0. The molecule has 0 aliphatic rings. The molecule has 0 saturated heterocycles. The van der Waals surface area contributed by atoms with E-state index in [2.05, 4.69) is 37.9 Å². The second kappa shape index (κ2) is 11.8. The van der Waals surface area contributed by atoms with E-state index in [4.69, 9.17) is 4.52 Å². The van der Waals surface area contributed by atoms with Crippen molar-refractivity contribution in [2.75, 3.05) is 27.2 Å². The molecule has 0 bridgehead atoms. The number of aliphatic imine (C=N–C) groups is 1. The van der Waals surface area contributed by atoms with Crippen molar-refractivity contribution in [1.82, 2.24) is 25.7 Å². The third kappa shape index (κ3) is 6.90. The molecule has 0 unspecified atom stereocenters. The van der Waals surface area contributed by atoms with Crippen LogP contribution in [0.25, 0.3) is 11.5 Å². The van der Waals surface area contributed by atoms with Crippen molar-refractivity contribution in [3.63, 3.8) is 0 Å². The maximum atomic E-state index is 12.0. The molecule has 2 N–H and O–H groups in total. The molecule has 0 spiro atoms. The first-order chi connectivity index (χ1) is 16.0. The highest BCUT2D eigenvalue weighted by Gasteiger charge is 2.08. The summed E-state index contributed by atoms with van der Waals surface area (Å²) >= 11 is 0. The predicted octanol–water partition coefficient (Wildman–Crippen LogP) is 3.30. The van der Waals surface area contributed by atoms with Crippen LogP contribution in [0.1, 0.15) is 41.2 Å². The quantitative estimate of drug-likeness (QED) is 0.385. The number of rotatable bonds is 9. The number of hydrogen-bond donors (Lipinski definition) is 2. The fourth-order valence-electron chi connectivity index (χ4n) is 3.18. The average molecular weight is 449 g/mol. The van der Waals surface area contributed by atoms with Gasteiger partial charge in [-0.25, -0.2) is 4.99 Å². The Hall–Kier alpha value is -3.68. The molecule has 1 aromatic heterocycles. The molecule has 0 atom stereocenters. The molecular formula is C25H32N6O2. The third-order valence-corrected chi connectivity index (χ3v) is 5.06.